The molecule has 19 heavy (non-hydrogen) atoms. The van der Waals surface area contributed by atoms with Crippen molar-refractivity contribution in [2.24, 2.45) is 0 Å². The third-order valence-electron chi connectivity index (χ3n) is 2.76. The second-order valence-corrected chi connectivity index (χ2v) is 6.26. The van der Waals surface area contributed by atoms with E-state index in [0.29, 0.717) is 12.1 Å². The van der Waals surface area contributed by atoms with Gasteiger partial charge >= 0.3 is 0 Å². The van der Waals surface area contributed by atoms with E-state index in [4.69, 9.17) is 4.74 Å². The van der Waals surface area contributed by atoms with Crippen LogP contribution in [-0.4, -0.2) is 34.9 Å². The second-order valence-electron chi connectivity index (χ2n) is 4.42. The fourth-order valence-corrected chi connectivity index (χ4v) is 2.94. The predicted octanol–water partition coefficient (Wildman–Crippen LogP) is 1.74. The number of benzene rings is 1. The van der Waals surface area contributed by atoms with Gasteiger partial charge in [0.2, 0.25) is 10.0 Å². The lowest BCUT2D eigenvalue weighted by Crippen LogP contribution is -2.18. The molecule has 0 bridgehead atoms. The fraction of sp³-hybridized carbons (Fsp3) is 0.538. The zero-order valence-corrected chi connectivity index (χ0v) is 12.5. The van der Waals surface area contributed by atoms with Crippen LogP contribution in [0.25, 0.3) is 0 Å². The Labute approximate surface area is 115 Å². The summed E-state index contributed by atoms with van der Waals surface area (Å²) >= 11 is 0. The van der Waals surface area contributed by atoms with E-state index in [-0.39, 0.29) is 5.75 Å². The quantitative estimate of drug-likeness (QED) is 0.714. The topological polar surface area (TPSA) is 67.4 Å². The summed E-state index contributed by atoms with van der Waals surface area (Å²) < 4.78 is 31.5. The molecule has 0 saturated carbocycles. The summed E-state index contributed by atoms with van der Waals surface area (Å²) in [6, 6.07) is 5.23. The van der Waals surface area contributed by atoms with Crippen LogP contribution in [0.15, 0.2) is 18.2 Å². The van der Waals surface area contributed by atoms with E-state index in [2.05, 4.69) is 10.0 Å². The molecule has 0 saturated heterocycles. The monoisotopic (exact) mass is 286 g/mol. The highest BCUT2D eigenvalue weighted by atomic mass is 32.2. The minimum absolute atomic E-state index is 0.139. The van der Waals surface area contributed by atoms with Crippen molar-refractivity contribution in [3.05, 3.63) is 23.8 Å². The smallest absolute Gasteiger partial charge is 0.232 e. The molecule has 0 aromatic heterocycles. The maximum Gasteiger partial charge on any atom is 0.232 e. The average molecular weight is 286 g/mol. The molecule has 1 rings (SSSR count). The summed E-state index contributed by atoms with van der Waals surface area (Å²) in [5, 5.41) is 2.99. The summed E-state index contributed by atoms with van der Waals surface area (Å²) in [5.41, 5.74) is 1.48. The Hall–Kier alpha value is -1.27. The number of hydrogen-bond donors (Lipinski definition) is 2. The molecule has 0 fully saturated rings. The first-order valence-electron chi connectivity index (χ1n) is 6.28. The van der Waals surface area contributed by atoms with Gasteiger partial charge in [0, 0.05) is 5.69 Å². The minimum atomic E-state index is -3.27. The van der Waals surface area contributed by atoms with Crippen LogP contribution in [0.5, 0.6) is 5.75 Å². The standard InChI is InChI=1S/C13H22N2O3S/c1-11-10-12(6-7-13(11)18-3)15-19(16,17)9-5-4-8-14-2/h6-7,10,14-15H,4-5,8-9H2,1-3H3. The molecule has 0 spiro atoms. The Bertz CT molecular complexity index is 501. The lowest BCUT2D eigenvalue weighted by atomic mass is 10.2. The van der Waals surface area contributed by atoms with Crippen molar-refractivity contribution >= 4 is 15.7 Å². The number of hydrogen-bond acceptors (Lipinski definition) is 4. The van der Waals surface area contributed by atoms with Gasteiger partial charge in [-0.15, -0.1) is 0 Å². The van der Waals surface area contributed by atoms with Crippen LogP contribution in [-0.2, 0) is 10.0 Å². The van der Waals surface area contributed by atoms with Crippen molar-refractivity contribution in [3.8, 4) is 5.75 Å². The number of unbranched alkanes of at least 4 members (excludes halogenated alkanes) is 1. The van der Waals surface area contributed by atoms with Crippen LogP contribution in [0.1, 0.15) is 18.4 Å². The highest BCUT2D eigenvalue weighted by Gasteiger charge is 2.10. The number of aryl methyl sites for hydroxylation is 1. The molecule has 2 N–H and O–H groups in total. The molecule has 0 aliphatic rings. The van der Waals surface area contributed by atoms with Gasteiger partial charge in [0.1, 0.15) is 5.75 Å². The molecule has 0 aliphatic carbocycles. The number of methoxy groups -OCH3 is 1. The van der Waals surface area contributed by atoms with Crippen LogP contribution in [0.3, 0.4) is 0 Å². The van der Waals surface area contributed by atoms with E-state index in [9.17, 15) is 8.42 Å². The molecule has 0 radical (unpaired) electrons. The van der Waals surface area contributed by atoms with Crippen LogP contribution >= 0.6 is 0 Å². The first kappa shape index (κ1) is 15.8. The predicted molar refractivity (Wildman–Crippen MR) is 78.3 cm³/mol. The Morgan fingerprint density at radius 3 is 2.58 bits per heavy atom. The molecule has 108 valence electrons. The van der Waals surface area contributed by atoms with E-state index < -0.39 is 10.0 Å². The molecular formula is C13H22N2O3S. The minimum Gasteiger partial charge on any atom is -0.496 e. The molecule has 0 unspecified atom stereocenters. The number of rotatable bonds is 8. The molecular weight excluding hydrogens is 264 g/mol. The van der Waals surface area contributed by atoms with Gasteiger partial charge in [-0.2, -0.15) is 0 Å². The highest BCUT2D eigenvalue weighted by molar-refractivity contribution is 7.92. The SMILES string of the molecule is CNCCCCS(=O)(=O)Nc1ccc(OC)c(C)c1. The maximum absolute atomic E-state index is 11.9. The first-order valence-corrected chi connectivity index (χ1v) is 7.93. The van der Waals surface area contributed by atoms with Gasteiger partial charge < -0.3 is 10.1 Å². The number of nitrogens with one attached hydrogen (secondary N) is 2. The van der Waals surface area contributed by atoms with Crippen LogP contribution in [0, 0.1) is 6.92 Å². The first-order chi connectivity index (χ1) is 8.98. The van der Waals surface area contributed by atoms with E-state index >= 15 is 0 Å². The van der Waals surface area contributed by atoms with Crippen LogP contribution in [0.4, 0.5) is 5.69 Å². The zero-order chi connectivity index (χ0) is 14.3. The Balaban J connectivity index is 2.60. The molecule has 0 aliphatic heterocycles. The molecule has 0 heterocycles. The number of anilines is 1. The van der Waals surface area contributed by atoms with Crippen molar-refractivity contribution in [2.45, 2.75) is 19.8 Å². The van der Waals surface area contributed by atoms with Gasteiger partial charge in [0.05, 0.1) is 12.9 Å². The van der Waals surface area contributed by atoms with Crippen molar-refractivity contribution in [2.75, 3.05) is 31.2 Å². The number of sulfonamides is 1. The molecule has 1 aromatic rings. The zero-order valence-electron chi connectivity index (χ0n) is 11.7. The molecule has 0 amide bonds. The lowest BCUT2D eigenvalue weighted by molar-refractivity contribution is 0.412. The van der Waals surface area contributed by atoms with Gasteiger partial charge in [-0.1, -0.05) is 0 Å². The molecule has 6 heteroatoms. The van der Waals surface area contributed by atoms with E-state index in [1.807, 2.05) is 14.0 Å². The summed E-state index contributed by atoms with van der Waals surface area (Å²) in [6.45, 7) is 2.71. The van der Waals surface area contributed by atoms with Crippen molar-refractivity contribution in [3.63, 3.8) is 0 Å². The third kappa shape index (κ3) is 5.48. The van der Waals surface area contributed by atoms with Gasteiger partial charge in [-0.05, 0) is 57.1 Å². The highest BCUT2D eigenvalue weighted by Crippen LogP contribution is 2.22. The number of ether oxygens (including phenoxy) is 1. The summed E-state index contributed by atoms with van der Waals surface area (Å²) in [5.74, 6) is 0.886. The lowest BCUT2D eigenvalue weighted by Gasteiger charge is -2.10. The molecule has 0 atom stereocenters. The normalized spacial score (nSPS) is 11.3. The second kappa shape index (κ2) is 7.35. The average Bonchev–Trinajstić information content (AvgIpc) is 2.34. The summed E-state index contributed by atoms with van der Waals surface area (Å²) in [6.07, 6.45) is 1.49. The van der Waals surface area contributed by atoms with Crippen molar-refractivity contribution in [1.29, 1.82) is 0 Å². The van der Waals surface area contributed by atoms with Gasteiger partial charge in [-0.3, -0.25) is 4.72 Å². The fourth-order valence-electron chi connectivity index (χ4n) is 1.77. The van der Waals surface area contributed by atoms with Gasteiger partial charge in [0.25, 0.3) is 0 Å². The van der Waals surface area contributed by atoms with Crippen molar-refractivity contribution < 1.29 is 13.2 Å². The van der Waals surface area contributed by atoms with Gasteiger partial charge in [0.15, 0.2) is 0 Å². The summed E-state index contributed by atoms with van der Waals surface area (Å²) in [7, 11) is 0.175. The Kier molecular flexibility index (Phi) is 6.11. The third-order valence-corrected chi connectivity index (χ3v) is 4.13. The maximum atomic E-state index is 11.9. The largest absolute Gasteiger partial charge is 0.496 e. The van der Waals surface area contributed by atoms with E-state index in [1.54, 1.807) is 25.3 Å². The Morgan fingerprint density at radius 2 is 2.00 bits per heavy atom. The molecule has 1 aromatic carbocycles. The van der Waals surface area contributed by atoms with Crippen LogP contribution < -0.4 is 14.8 Å². The van der Waals surface area contributed by atoms with E-state index in [1.165, 1.54) is 0 Å². The van der Waals surface area contributed by atoms with E-state index in [0.717, 1.165) is 24.3 Å². The van der Waals surface area contributed by atoms with Gasteiger partial charge in [-0.25, -0.2) is 8.42 Å². The Morgan fingerprint density at radius 1 is 1.26 bits per heavy atom. The molecule has 5 nitrogen and oxygen atoms in total. The summed E-state index contributed by atoms with van der Waals surface area (Å²) in [4.78, 5) is 0. The van der Waals surface area contributed by atoms with Crippen molar-refractivity contribution in [1.82, 2.24) is 5.32 Å². The van der Waals surface area contributed by atoms with Crippen LogP contribution in [0.2, 0.25) is 0 Å².